The molecule has 0 unspecified atom stereocenters. The van der Waals surface area contributed by atoms with E-state index >= 15 is 0 Å². The van der Waals surface area contributed by atoms with Crippen LogP contribution in [-0.2, 0) is 4.79 Å². The Hall–Kier alpha value is -2.25. The fourth-order valence-corrected chi connectivity index (χ4v) is 1.69. The number of nitro benzene ring substituents is 1. The summed E-state index contributed by atoms with van der Waals surface area (Å²) in [6.07, 6.45) is 1.93. The summed E-state index contributed by atoms with van der Waals surface area (Å²) >= 11 is 0. The van der Waals surface area contributed by atoms with Gasteiger partial charge in [0.15, 0.2) is 17.3 Å². The number of nitrogens with zero attached hydrogens (tertiary/aromatic N) is 1. The first-order valence-electron chi connectivity index (χ1n) is 6.14. The lowest BCUT2D eigenvalue weighted by Crippen LogP contribution is -2.27. The zero-order valence-electron chi connectivity index (χ0n) is 10.5. The lowest BCUT2D eigenvalue weighted by molar-refractivity contribution is -0.384. The number of rotatable bonds is 6. The van der Waals surface area contributed by atoms with E-state index < -0.39 is 27.9 Å². The number of nitro groups is 1. The Morgan fingerprint density at radius 1 is 1.40 bits per heavy atom. The van der Waals surface area contributed by atoms with Gasteiger partial charge in [-0.3, -0.25) is 14.9 Å². The van der Waals surface area contributed by atoms with Crippen LogP contribution in [0.2, 0.25) is 0 Å². The molecule has 20 heavy (non-hydrogen) atoms. The molecule has 0 heterocycles. The van der Waals surface area contributed by atoms with Gasteiger partial charge in [0.05, 0.1) is 4.92 Å². The van der Waals surface area contributed by atoms with E-state index in [4.69, 9.17) is 0 Å². The monoisotopic (exact) mass is 285 g/mol. The molecule has 2 rings (SSSR count). The topological polar surface area (TPSA) is 84.3 Å². The molecule has 108 valence electrons. The quantitative estimate of drug-likeness (QED) is 0.618. The van der Waals surface area contributed by atoms with Crippen molar-refractivity contribution in [3.8, 4) is 0 Å². The van der Waals surface area contributed by atoms with E-state index in [2.05, 4.69) is 10.6 Å². The highest BCUT2D eigenvalue weighted by atomic mass is 19.2. The Balaban J connectivity index is 1.98. The van der Waals surface area contributed by atoms with Crippen LogP contribution in [0.15, 0.2) is 12.1 Å². The fraction of sp³-hybridized carbons (Fsp3) is 0.417. The van der Waals surface area contributed by atoms with Gasteiger partial charge in [-0.25, -0.2) is 8.78 Å². The third-order valence-corrected chi connectivity index (χ3v) is 2.87. The molecule has 8 heteroatoms. The molecule has 0 aliphatic heterocycles. The second-order valence-electron chi connectivity index (χ2n) is 4.53. The maximum atomic E-state index is 13.5. The number of nitrogens with one attached hydrogen (secondary N) is 2. The molecule has 1 amide bonds. The molecule has 2 N–H and O–H groups in total. The maximum Gasteiger partial charge on any atom is 0.295 e. The highest BCUT2D eigenvalue weighted by Crippen LogP contribution is 2.28. The summed E-state index contributed by atoms with van der Waals surface area (Å²) in [4.78, 5) is 21.3. The van der Waals surface area contributed by atoms with E-state index in [1.807, 2.05) is 0 Å². The van der Waals surface area contributed by atoms with Crippen molar-refractivity contribution in [3.05, 3.63) is 33.9 Å². The predicted molar refractivity (Wildman–Crippen MR) is 67.3 cm³/mol. The van der Waals surface area contributed by atoms with Crippen LogP contribution in [-0.4, -0.2) is 23.4 Å². The normalized spacial score (nSPS) is 13.9. The van der Waals surface area contributed by atoms with Gasteiger partial charge in [0.2, 0.25) is 5.91 Å². The van der Waals surface area contributed by atoms with Gasteiger partial charge in [-0.1, -0.05) is 0 Å². The molecular weight excluding hydrogens is 272 g/mol. The average molecular weight is 285 g/mol. The Morgan fingerprint density at radius 2 is 2.10 bits per heavy atom. The standard InChI is InChI=1S/C12H13F2N3O3/c13-8-3-4-9(17(19)20)12(11(8)14)15-6-5-10(18)16-7-1-2-7/h3-4,7,15H,1-2,5-6H2,(H,16,18). The molecule has 6 nitrogen and oxygen atoms in total. The lowest BCUT2D eigenvalue weighted by Gasteiger charge is -2.08. The van der Waals surface area contributed by atoms with Gasteiger partial charge in [0.1, 0.15) is 0 Å². The van der Waals surface area contributed by atoms with Gasteiger partial charge < -0.3 is 10.6 Å². The minimum atomic E-state index is -1.32. The number of halogens is 2. The van der Waals surface area contributed by atoms with Crippen LogP contribution in [0.3, 0.4) is 0 Å². The van der Waals surface area contributed by atoms with Crippen molar-refractivity contribution >= 4 is 17.3 Å². The third-order valence-electron chi connectivity index (χ3n) is 2.87. The van der Waals surface area contributed by atoms with Crippen LogP contribution in [0.1, 0.15) is 19.3 Å². The number of carbonyl (C=O) groups is 1. The molecule has 1 aromatic carbocycles. The summed E-state index contributed by atoms with van der Waals surface area (Å²) in [6, 6.07) is 1.78. The van der Waals surface area contributed by atoms with Crippen LogP contribution >= 0.6 is 0 Å². The summed E-state index contributed by atoms with van der Waals surface area (Å²) in [6.45, 7) is -0.0141. The van der Waals surface area contributed by atoms with Gasteiger partial charge in [0.25, 0.3) is 5.69 Å². The first-order chi connectivity index (χ1) is 9.49. The molecule has 0 atom stereocenters. The predicted octanol–water partition coefficient (Wildman–Crippen LogP) is 1.95. The van der Waals surface area contributed by atoms with E-state index in [9.17, 15) is 23.7 Å². The Kier molecular flexibility index (Phi) is 4.11. The smallest absolute Gasteiger partial charge is 0.295 e. The number of carbonyl (C=O) groups excluding carboxylic acids is 1. The lowest BCUT2D eigenvalue weighted by atomic mass is 10.2. The Bertz CT molecular complexity index is 547. The van der Waals surface area contributed by atoms with E-state index in [-0.39, 0.29) is 24.9 Å². The fourth-order valence-electron chi connectivity index (χ4n) is 1.69. The zero-order chi connectivity index (χ0) is 14.7. The number of amides is 1. The molecule has 0 aromatic heterocycles. The molecule has 0 radical (unpaired) electrons. The number of hydrogen-bond acceptors (Lipinski definition) is 4. The minimum Gasteiger partial charge on any atom is -0.376 e. The zero-order valence-corrected chi connectivity index (χ0v) is 10.5. The van der Waals surface area contributed by atoms with E-state index in [0.29, 0.717) is 6.07 Å². The summed E-state index contributed by atoms with van der Waals surface area (Å²) in [5, 5.41) is 15.9. The summed E-state index contributed by atoms with van der Waals surface area (Å²) in [5.41, 5.74) is -1.10. The van der Waals surface area contributed by atoms with E-state index in [0.717, 1.165) is 18.9 Å². The molecule has 0 bridgehead atoms. The van der Waals surface area contributed by atoms with Crippen LogP contribution in [0.5, 0.6) is 0 Å². The second kappa shape index (κ2) is 5.81. The molecule has 0 saturated heterocycles. The SMILES string of the molecule is O=C(CCNc1c([N+](=O)[O-])ccc(F)c1F)NC1CC1. The van der Waals surface area contributed by atoms with Crippen molar-refractivity contribution in [1.29, 1.82) is 0 Å². The van der Waals surface area contributed by atoms with E-state index in [1.54, 1.807) is 0 Å². The van der Waals surface area contributed by atoms with Crippen molar-refractivity contribution in [2.75, 3.05) is 11.9 Å². The van der Waals surface area contributed by atoms with Crippen molar-refractivity contribution in [2.45, 2.75) is 25.3 Å². The van der Waals surface area contributed by atoms with Crippen molar-refractivity contribution in [2.24, 2.45) is 0 Å². The van der Waals surface area contributed by atoms with Gasteiger partial charge in [0, 0.05) is 25.1 Å². The van der Waals surface area contributed by atoms with Gasteiger partial charge in [-0.15, -0.1) is 0 Å². The van der Waals surface area contributed by atoms with Gasteiger partial charge in [-0.2, -0.15) is 0 Å². The Labute approximate surface area is 113 Å². The molecular formula is C12H13F2N3O3. The van der Waals surface area contributed by atoms with Crippen molar-refractivity contribution < 1.29 is 18.5 Å². The number of anilines is 1. The van der Waals surface area contributed by atoms with Crippen molar-refractivity contribution in [1.82, 2.24) is 5.32 Å². The maximum absolute atomic E-state index is 13.5. The van der Waals surface area contributed by atoms with Crippen molar-refractivity contribution in [3.63, 3.8) is 0 Å². The average Bonchev–Trinajstić information content (AvgIpc) is 3.18. The molecule has 1 fully saturated rings. The highest BCUT2D eigenvalue weighted by Gasteiger charge is 2.24. The highest BCUT2D eigenvalue weighted by molar-refractivity contribution is 5.77. The second-order valence-corrected chi connectivity index (χ2v) is 4.53. The largest absolute Gasteiger partial charge is 0.376 e. The van der Waals surface area contributed by atoms with E-state index in [1.165, 1.54) is 0 Å². The summed E-state index contributed by atoms with van der Waals surface area (Å²) in [5.74, 6) is -2.72. The molecule has 1 aliphatic rings. The van der Waals surface area contributed by atoms with Crippen LogP contribution in [0, 0.1) is 21.7 Å². The van der Waals surface area contributed by atoms with Crippen LogP contribution in [0.25, 0.3) is 0 Å². The van der Waals surface area contributed by atoms with Gasteiger partial charge >= 0.3 is 0 Å². The minimum absolute atomic E-state index is 0.0141. The number of hydrogen-bond donors (Lipinski definition) is 2. The Morgan fingerprint density at radius 3 is 2.70 bits per heavy atom. The summed E-state index contributed by atoms with van der Waals surface area (Å²) in [7, 11) is 0. The van der Waals surface area contributed by atoms with Gasteiger partial charge in [-0.05, 0) is 18.9 Å². The summed E-state index contributed by atoms with van der Waals surface area (Å²) < 4.78 is 26.6. The molecule has 1 aromatic rings. The first-order valence-corrected chi connectivity index (χ1v) is 6.14. The molecule has 1 aliphatic carbocycles. The molecule has 0 spiro atoms. The number of benzene rings is 1. The van der Waals surface area contributed by atoms with Crippen LogP contribution in [0.4, 0.5) is 20.2 Å². The third kappa shape index (κ3) is 3.40. The molecule has 1 saturated carbocycles. The first kappa shape index (κ1) is 14.2. The van der Waals surface area contributed by atoms with Crippen LogP contribution < -0.4 is 10.6 Å².